The van der Waals surface area contributed by atoms with Crippen molar-refractivity contribution in [2.45, 2.75) is 62.0 Å². The van der Waals surface area contributed by atoms with Crippen LogP contribution in [0.3, 0.4) is 0 Å². The maximum Gasteiger partial charge on any atom is 0.460 e. The molecule has 0 bridgehead atoms. The van der Waals surface area contributed by atoms with E-state index in [0.717, 1.165) is 0 Å². The van der Waals surface area contributed by atoms with E-state index >= 15 is 0 Å². The SMILES string of the molecule is CCCC(=O)CC(=O)C(F)(F)C(F)(F)C(F)(F)C(F)(F)C(F)(F)C(F)(F)F. The zero-order valence-electron chi connectivity index (χ0n) is 12.9. The van der Waals surface area contributed by atoms with E-state index in [1.165, 1.54) is 6.92 Å². The molecule has 160 valence electrons. The van der Waals surface area contributed by atoms with Crippen molar-refractivity contribution in [1.82, 2.24) is 0 Å². The first kappa shape index (κ1) is 25.4. The Morgan fingerprint density at radius 2 is 1.00 bits per heavy atom. The average Bonchev–Trinajstić information content (AvgIpc) is 2.45. The number of Topliss-reactive ketones (excluding diaryl/α,β-unsaturated/α-hetero) is 2. The highest BCUT2D eigenvalue weighted by Crippen LogP contribution is 2.60. The predicted octanol–water partition coefficient (Wildman–Crippen LogP) is 5.05. The maximum absolute atomic E-state index is 13.3. The Morgan fingerprint density at radius 3 is 1.33 bits per heavy atom. The van der Waals surface area contributed by atoms with Crippen molar-refractivity contribution in [2.24, 2.45) is 0 Å². The van der Waals surface area contributed by atoms with Gasteiger partial charge in [-0.2, -0.15) is 57.1 Å². The minimum absolute atomic E-state index is 0.125. The molecule has 0 rings (SSSR count). The van der Waals surface area contributed by atoms with Crippen LogP contribution in [0, 0.1) is 0 Å². The second-order valence-electron chi connectivity index (χ2n) is 5.26. The van der Waals surface area contributed by atoms with E-state index in [1.807, 2.05) is 0 Å². The number of ketones is 2. The zero-order chi connectivity index (χ0) is 22.3. The van der Waals surface area contributed by atoms with Crippen molar-refractivity contribution in [3.63, 3.8) is 0 Å². The van der Waals surface area contributed by atoms with Crippen molar-refractivity contribution < 1.29 is 66.7 Å². The van der Waals surface area contributed by atoms with Gasteiger partial charge in [0.15, 0.2) is 0 Å². The predicted molar refractivity (Wildman–Crippen MR) is 60.3 cm³/mol. The van der Waals surface area contributed by atoms with E-state index in [-0.39, 0.29) is 6.42 Å². The fraction of sp³-hybridized carbons (Fsp3) is 0.833. The molecule has 0 heterocycles. The van der Waals surface area contributed by atoms with Crippen LogP contribution in [-0.4, -0.2) is 47.4 Å². The molecule has 0 fully saturated rings. The summed E-state index contributed by atoms with van der Waals surface area (Å²) in [5.41, 5.74) is 0. The van der Waals surface area contributed by atoms with Crippen LogP contribution in [0.2, 0.25) is 0 Å². The van der Waals surface area contributed by atoms with Gasteiger partial charge in [0.1, 0.15) is 5.78 Å². The summed E-state index contributed by atoms with van der Waals surface area (Å²) in [6.45, 7) is 1.24. The van der Waals surface area contributed by atoms with Gasteiger partial charge < -0.3 is 0 Å². The Hall–Kier alpha value is -1.57. The van der Waals surface area contributed by atoms with Crippen LogP contribution in [0.5, 0.6) is 0 Å². The second-order valence-corrected chi connectivity index (χ2v) is 5.26. The smallest absolute Gasteiger partial charge is 0.299 e. The molecule has 0 spiro atoms. The van der Waals surface area contributed by atoms with Crippen molar-refractivity contribution in [3.05, 3.63) is 0 Å². The third-order valence-electron chi connectivity index (χ3n) is 3.17. The molecule has 0 atom stereocenters. The largest absolute Gasteiger partial charge is 0.460 e. The summed E-state index contributed by atoms with van der Waals surface area (Å²) >= 11 is 0. The summed E-state index contributed by atoms with van der Waals surface area (Å²) in [6.07, 6.45) is -10.5. The van der Waals surface area contributed by atoms with E-state index in [0.29, 0.717) is 0 Å². The minimum atomic E-state index is -8.07. The zero-order valence-corrected chi connectivity index (χ0v) is 12.9. The summed E-state index contributed by atoms with van der Waals surface area (Å²) in [6, 6.07) is 0. The lowest BCUT2D eigenvalue weighted by Gasteiger charge is -2.39. The van der Waals surface area contributed by atoms with Gasteiger partial charge in [-0.25, -0.2) is 0 Å². The van der Waals surface area contributed by atoms with Gasteiger partial charge in [0, 0.05) is 6.42 Å². The lowest BCUT2D eigenvalue weighted by Crippen LogP contribution is -2.71. The number of halogens is 13. The molecule has 0 saturated carbocycles. The summed E-state index contributed by atoms with van der Waals surface area (Å²) in [4.78, 5) is 21.9. The van der Waals surface area contributed by atoms with Gasteiger partial charge >= 0.3 is 35.8 Å². The summed E-state index contributed by atoms with van der Waals surface area (Å²) in [5, 5.41) is 0. The second kappa shape index (κ2) is 7.11. The van der Waals surface area contributed by atoms with Crippen LogP contribution in [0.4, 0.5) is 57.1 Å². The van der Waals surface area contributed by atoms with Crippen LogP contribution in [0.1, 0.15) is 26.2 Å². The van der Waals surface area contributed by atoms with E-state index < -0.39 is 60.2 Å². The van der Waals surface area contributed by atoms with E-state index in [1.54, 1.807) is 0 Å². The van der Waals surface area contributed by atoms with Gasteiger partial charge in [-0.05, 0) is 6.42 Å². The van der Waals surface area contributed by atoms with Gasteiger partial charge in [-0.15, -0.1) is 0 Å². The molecule has 0 aromatic heterocycles. The number of carbonyl (C=O) groups excluding carboxylic acids is 2. The van der Waals surface area contributed by atoms with Gasteiger partial charge in [0.25, 0.3) is 0 Å². The topological polar surface area (TPSA) is 34.1 Å². The highest BCUT2D eigenvalue weighted by atomic mass is 19.4. The van der Waals surface area contributed by atoms with Crippen LogP contribution in [0.15, 0.2) is 0 Å². The van der Waals surface area contributed by atoms with Gasteiger partial charge in [-0.1, -0.05) is 6.92 Å². The van der Waals surface area contributed by atoms with Gasteiger partial charge in [0.05, 0.1) is 6.42 Å². The average molecular weight is 432 g/mol. The van der Waals surface area contributed by atoms with Crippen LogP contribution in [0.25, 0.3) is 0 Å². The molecule has 0 saturated heterocycles. The van der Waals surface area contributed by atoms with E-state index in [2.05, 4.69) is 0 Å². The molecule has 0 amide bonds. The molecule has 0 aromatic carbocycles. The normalized spacial score (nSPS) is 15.0. The van der Waals surface area contributed by atoms with Crippen molar-refractivity contribution >= 4 is 11.6 Å². The summed E-state index contributed by atoms with van der Waals surface area (Å²) in [7, 11) is 0. The van der Waals surface area contributed by atoms with Crippen molar-refractivity contribution in [3.8, 4) is 0 Å². The Balaban J connectivity index is 6.15. The van der Waals surface area contributed by atoms with Crippen molar-refractivity contribution in [2.75, 3.05) is 0 Å². The molecule has 0 radical (unpaired) electrons. The highest BCUT2D eigenvalue weighted by molar-refractivity contribution is 6.02. The third-order valence-corrected chi connectivity index (χ3v) is 3.17. The monoisotopic (exact) mass is 432 g/mol. The molecular weight excluding hydrogens is 423 g/mol. The Bertz CT molecular complexity index is 576. The molecular formula is C12H9F13O2. The number of rotatable bonds is 9. The van der Waals surface area contributed by atoms with Crippen LogP contribution in [-0.2, 0) is 9.59 Å². The van der Waals surface area contributed by atoms with E-state index in [4.69, 9.17) is 0 Å². The minimum Gasteiger partial charge on any atom is -0.299 e. The van der Waals surface area contributed by atoms with Gasteiger partial charge in [0.2, 0.25) is 5.78 Å². The fourth-order valence-corrected chi connectivity index (χ4v) is 1.60. The lowest BCUT2D eigenvalue weighted by molar-refractivity contribution is -0.436. The van der Waals surface area contributed by atoms with Crippen LogP contribution < -0.4 is 0 Å². The Labute approximate surface area is 141 Å². The first-order valence-corrected chi connectivity index (χ1v) is 6.63. The molecule has 0 aliphatic carbocycles. The number of carbonyl (C=O) groups is 2. The molecule has 0 N–H and O–H groups in total. The molecule has 15 heteroatoms. The third kappa shape index (κ3) is 3.86. The highest BCUT2D eigenvalue weighted by Gasteiger charge is 2.91. The summed E-state index contributed by atoms with van der Waals surface area (Å²) < 4.78 is 166. The Morgan fingerprint density at radius 1 is 0.630 bits per heavy atom. The molecule has 27 heavy (non-hydrogen) atoms. The number of alkyl halides is 13. The lowest BCUT2D eigenvalue weighted by atomic mass is 9.90. The van der Waals surface area contributed by atoms with E-state index in [9.17, 15) is 66.7 Å². The number of hydrogen-bond acceptors (Lipinski definition) is 2. The molecule has 2 nitrogen and oxygen atoms in total. The molecule has 0 aromatic rings. The maximum atomic E-state index is 13.3. The molecule has 0 aliphatic rings. The van der Waals surface area contributed by atoms with Crippen LogP contribution >= 0.6 is 0 Å². The quantitative estimate of drug-likeness (QED) is 0.378. The summed E-state index contributed by atoms with van der Waals surface area (Å²) in [5.74, 6) is -43.4. The standard InChI is InChI=1S/C12H9F13O2/c1-2-3-5(26)4-6(27)7(13,14)8(15,16)9(17,18)10(19,20)11(21,22)12(23,24)25/h2-4H2,1H3. The number of hydrogen-bond donors (Lipinski definition) is 0. The fourth-order valence-electron chi connectivity index (χ4n) is 1.60. The van der Waals surface area contributed by atoms with Crippen molar-refractivity contribution in [1.29, 1.82) is 0 Å². The first-order valence-electron chi connectivity index (χ1n) is 6.63. The van der Waals surface area contributed by atoms with Gasteiger partial charge in [-0.3, -0.25) is 9.59 Å². The Kier molecular flexibility index (Phi) is 6.70. The molecule has 0 unspecified atom stereocenters. The first-order chi connectivity index (χ1) is 11.6. The molecule has 0 aliphatic heterocycles.